The Kier molecular flexibility index (Phi) is 1.77. The minimum Gasteiger partial charge on any atom is -0.477 e. The third kappa shape index (κ3) is 1.24. The predicted octanol–water partition coefficient (Wildman–Crippen LogP) is 1.66. The summed E-state index contributed by atoms with van der Waals surface area (Å²) < 4.78 is 16.1. The van der Waals surface area contributed by atoms with E-state index in [9.17, 15) is 9.18 Å². The minimum absolute atomic E-state index is 0.138. The topological polar surface area (TPSA) is 59.5 Å². The van der Waals surface area contributed by atoms with Crippen molar-refractivity contribution in [1.29, 1.82) is 0 Å². The van der Waals surface area contributed by atoms with Gasteiger partial charge in [0.05, 0.1) is 11.0 Å². The van der Waals surface area contributed by atoms with E-state index in [2.05, 4.69) is 4.98 Å². The van der Waals surface area contributed by atoms with Crippen LogP contribution in [0.3, 0.4) is 0 Å². The van der Waals surface area contributed by atoms with Gasteiger partial charge in [-0.15, -0.1) is 0 Å². The fourth-order valence-corrected chi connectivity index (χ4v) is 1.94. The van der Waals surface area contributed by atoms with Gasteiger partial charge in [-0.2, -0.15) is 0 Å². The van der Waals surface area contributed by atoms with E-state index >= 15 is 0 Å². The maximum absolute atomic E-state index is 13.0. The van der Waals surface area contributed by atoms with Crippen LogP contribution in [0.4, 0.5) is 4.39 Å². The van der Waals surface area contributed by atoms with E-state index in [0.29, 0.717) is 16.8 Å². The van der Waals surface area contributed by atoms with Crippen molar-refractivity contribution in [2.75, 3.05) is 0 Å². The SMILES string of the molecule is Cn1c(C(=O)O)cn2c3ccc(F)cc3nc12. The Bertz CT molecular complexity index is 757. The average Bonchev–Trinajstić information content (AvgIpc) is 2.76. The lowest BCUT2D eigenvalue weighted by Crippen LogP contribution is -2.03. The highest BCUT2D eigenvalue weighted by atomic mass is 19.1. The number of carboxylic acid groups (broad SMARTS) is 1. The normalized spacial score (nSPS) is 11.4. The number of halogens is 1. The molecule has 0 spiro atoms. The van der Waals surface area contributed by atoms with Crippen LogP contribution in [-0.4, -0.2) is 25.0 Å². The van der Waals surface area contributed by atoms with Crippen molar-refractivity contribution < 1.29 is 14.3 Å². The van der Waals surface area contributed by atoms with Crippen molar-refractivity contribution in [3.8, 4) is 0 Å². The summed E-state index contributed by atoms with van der Waals surface area (Å²) in [7, 11) is 1.61. The van der Waals surface area contributed by atoms with E-state index in [1.165, 1.54) is 22.9 Å². The van der Waals surface area contributed by atoms with Crippen LogP contribution in [0.25, 0.3) is 16.8 Å². The molecule has 17 heavy (non-hydrogen) atoms. The highest BCUT2D eigenvalue weighted by Crippen LogP contribution is 2.19. The van der Waals surface area contributed by atoms with Gasteiger partial charge < -0.3 is 9.67 Å². The monoisotopic (exact) mass is 233 g/mol. The van der Waals surface area contributed by atoms with E-state index in [-0.39, 0.29) is 11.5 Å². The number of carboxylic acids is 1. The van der Waals surface area contributed by atoms with Crippen molar-refractivity contribution >= 4 is 22.8 Å². The molecule has 0 saturated heterocycles. The molecule has 0 radical (unpaired) electrons. The first-order valence-electron chi connectivity index (χ1n) is 4.94. The number of aromatic nitrogens is 3. The molecule has 6 heteroatoms. The second-order valence-electron chi connectivity index (χ2n) is 3.79. The molecule has 2 aromatic heterocycles. The molecular weight excluding hydrogens is 225 g/mol. The molecule has 0 fully saturated rings. The number of rotatable bonds is 1. The highest BCUT2D eigenvalue weighted by molar-refractivity contribution is 5.88. The molecule has 86 valence electrons. The number of imidazole rings is 2. The van der Waals surface area contributed by atoms with Gasteiger partial charge in [-0.25, -0.2) is 14.2 Å². The van der Waals surface area contributed by atoms with Gasteiger partial charge in [-0.3, -0.25) is 4.40 Å². The van der Waals surface area contributed by atoms with E-state index in [4.69, 9.17) is 5.11 Å². The second kappa shape index (κ2) is 3.07. The molecule has 0 amide bonds. The fourth-order valence-electron chi connectivity index (χ4n) is 1.94. The summed E-state index contributed by atoms with van der Waals surface area (Å²) in [6.45, 7) is 0. The Morgan fingerprint density at radius 2 is 2.24 bits per heavy atom. The highest BCUT2D eigenvalue weighted by Gasteiger charge is 2.15. The first-order valence-corrected chi connectivity index (χ1v) is 4.94. The molecule has 3 aromatic rings. The molecule has 1 N–H and O–H groups in total. The summed E-state index contributed by atoms with van der Waals surface area (Å²) in [6.07, 6.45) is 1.48. The minimum atomic E-state index is -1.02. The molecule has 0 aliphatic heterocycles. The van der Waals surface area contributed by atoms with E-state index in [1.807, 2.05) is 0 Å². The summed E-state index contributed by atoms with van der Waals surface area (Å²) in [6, 6.07) is 4.23. The molecule has 0 atom stereocenters. The molecule has 0 aliphatic rings. The largest absolute Gasteiger partial charge is 0.477 e. The first kappa shape index (κ1) is 9.83. The lowest BCUT2D eigenvalue weighted by atomic mass is 10.3. The fraction of sp³-hybridized carbons (Fsp3) is 0.0909. The lowest BCUT2D eigenvalue weighted by Gasteiger charge is -1.94. The summed E-state index contributed by atoms with van der Waals surface area (Å²) in [5.74, 6) is -0.907. The van der Waals surface area contributed by atoms with Gasteiger partial charge in [0.15, 0.2) is 0 Å². The molecule has 0 saturated carbocycles. The Labute approximate surface area is 94.7 Å². The molecular formula is C11H8FN3O2. The zero-order chi connectivity index (χ0) is 12.2. The van der Waals surface area contributed by atoms with Crippen molar-refractivity contribution in [3.63, 3.8) is 0 Å². The zero-order valence-corrected chi connectivity index (χ0v) is 8.88. The molecule has 0 bridgehead atoms. The third-order valence-electron chi connectivity index (χ3n) is 2.76. The maximum atomic E-state index is 13.0. The van der Waals surface area contributed by atoms with Crippen LogP contribution in [-0.2, 0) is 7.05 Å². The van der Waals surface area contributed by atoms with Gasteiger partial charge >= 0.3 is 5.97 Å². The second-order valence-corrected chi connectivity index (χ2v) is 3.79. The van der Waals surface area contributed by atoms with Crippen molar-refractivity contribution in [1.82, 2.24) is 14.0 Å². The molecule has 0 unspecified atom stereocenters. The quantitative estimate of drug-likeness (QED) is 0.695. The molecule has 1 aromatic carbocycles. The number of benzene rings is 1. The van der Waals surface area contributed by atoms with Crippen LogP contribution in [0, 0.1) is 5.82 Å². The number of aryl methyl sites for hydroxylation is 1. The summed E-state index contributed by atoms with van der Waals surface area (Å²) in [5, 5.41) is 8.98. The lowest BCUT2D eigenvalue weighted by molar-refractivity contribution is 0.0687. The number of hydrogen-bond acceptors (Lipinski definition) is 2. The van der Waals surface area contributed by atoms with Crippen LogP contribution >= 0.6 is 0 Å². The number of fused-ring (bicyclic) bond motifs is 3. The molecule has 3 rings (SSSR count). The van der Waals surface area contributed by atoms with Gasteiger partial charge in [0, 0.05) is 19.3 Å². The van der Waals surface area contributed by atoms with Crippen LogP contribution in [0.15, 0.2) is 24.4 Å². The van der Waals surface area contributed by atoms with E-state index in [1.54, 1.807) is 17.5 Å². The first-order chi connectivity index (χ1) is 8.08. The van der Waals surface area contributed by atoms with Gasteiger partial charge in [0.2, 0.25) is 5.78 Å². The molecule has 0 aliphatic carbocycles. The van der Waals surface area contributed by atoms with E-state index < -0.39 is 5.97 Å². The van der Waals surface area contributed by atoms with Crippen molar-refractivity contribution in [2.24, 2.45) is 7.05 Å². The maximum Gasteiger partial charge on any atom is 0.354 e. The van der Waals surface area contributed by atoms with E-state index in [0.717, 1.165) is 0 Å². The Morgan fingerprint density at radius 3 is 2.94 bits per heavy atom. The molecule has 2 heterocycles. The zero-order valence-electron chi connectivity index (χ0n) is 8.88. The number of nitrogens with zero attached hydrogens (tertiary/aromatic N) is 3. The third-order valence-corrected chi connectivity index (χ3v) is 2.76. The van der Waals surface area contributed by atoms with Gasteiger partial charge in [0.1, 0.15) is 11.5 Å². The summed E-state index contributed by atoms with van der Waals surface area (Å²) >= 11 is 0. The van der Waals surface area contributed by atoms with Gasteiger partial charge in [0.25, 0.3) is 0 Å². The van der Waals surface area contributed by atoms with Crippen LogP contribution in [0.1, 0.15) is 10.5 Å². The van der Waals surface area contributed by atoms with Crippen LogP contribution < -0.4 is 0 Å². The standard InChI is InChI=1S/C11H8FN3O2/c1-14-9(10(16)17)5-15-8-3-2-6(12)4-7(8)13-11(14)15/h2-5H,1H3,(H,16,17). The van der Waals surface area contributed by atoms with Crippen LogP contribution in [0.5, 0.6) is 0 Å². The Hall–Kier alpha value is -2.37. The van der Waals surface area contributed by atoms with Gasteiger partial charge in [-0.05, 0) is 12.1 Å². The Morgan fingerprint density at radius 1 is 1.47 bits per heavy atom. The van der Waals surface area contributed by atoms with Crippen LogP contribution in [0.2, 0.25) is 0 Å². The number of carbonyl (C=O) groups is 1. The number of hydrogen-bond donors (Lipinski definition) is 1. The summed E-state index contributed by atoms with van der Waals surface area (Å²) in [4.78, 5) is 15.2. The van der Waals surface area contributed by atoms with Gasteiger partial charge in [-0.1, -0.05) is 0 Å². The Balaban J connectivity index is 2.45. The van der Waals surface area contributed by atoms with Crippen molar-refractivity contribution in [2.45, 2.75) is 0 Å². The smallest absolute Gasteiger partial charge is 0.354 e. The predicted molar refractivity (Wildman–Crippen MR) is 58.6 cm³/mol. The summed E-state index contributed by atoms with van der Waals surface area (Å²) in [5.41, 5.74) is 1.33. The number of aromatic carboxylic acids is 1. The van der Waals surface area contributed by atoms with Crippen molar-refractivity contribution in [3.05, 3.63) is 35.9 Å². The average molecular weight is 233 g/mol. The molecule has 5 nitrogen and oxygen atoms in total.